The zero-order valence-electron chi connectivity index (χ0n) is 7.23. The van der Waals surface area contributed by atoms with Gasteiger partial charge in [0.1, 0.15) is 11.4 Å². The summed E-state index contributed by atoms with van der Waals surface area (Å²) < 4.78 is 13.2. The van der Waals surface area contributed by atoms with Crippen molar-refractivity contribution in [3.05, 3.63) is 28.7 Å². The molecule has 0 radical (unpaired) electrons. The average Bonchev–Trinajstić information content (AvgIpc) is 2.56. The van der Waals surface area contributed by atoms with Crippen molar-refractivity contribution >= 4 is 0 Å². The number of aromatic amines is 1. The second kappa shape index (κ2) is 3.02. The topological polar surface area (TPSA) is 76.5 Å². The van der Waals surface area contributed by atoms with Gasteiger partial charge in [0.25, 0.3) is 0 Å². The quantitative estimate of drug-likeness (QED) is 0.678. The third-order valence-corrected chi connectivity index (χ3v) is 1.62. The zero-order valence-corrected chi connectivity index (χ0v) is 7.23. The smallest absolute Gasteiger partial charge is 0.301 e. The largest absolute Gasteiger partial charge is 0.345 e. The molecule has 0 spiro atoms. The lowest BCUT2D eigenvalue weighted by atomic mass is 10.3. The number of halogens is 1. The van der Waals surface area contributed by atoms with Gasteiger partial charge in [-0.05, 0) is 0 Å². The Balaban J connectivity index is 2.61. The molecule has 2 aromatic rings. The van der Waals surface area contributed by atoms with E-state index in [2.05, 4.69) is 20.2 Å². The number of nitrogens with one attached hydrogen (secondary N) is 1. The minimum absolute atomic E-state index is 0.00176. The second-order valence-corrected chi connectivity index (χ2v) is 2.63. The first-order valence-corrected chi connectivity index (χ1v) is 3.78. The van der Waals surface area contributed by atoms with E-state index >= 15 is 0 Å². The highest BCUT2D eigenvalue weighted by molar-refractivity contribution is 5.51. The standard InChI is InChI=1S/C7H6FN5O/c1-13-10-3-5(12-13)6-4(8)2-9-7(14)11-6/h2-3H,1H3,(H,9,11,14). The van der Waals surface area contributed by atoms with Crippen molar-refractivity contribution < 1.29 is 4.39 Å². The van der Waals surface area contributed by atoms with Gasteiger partial charge in [-0.2, -0.15) is 20.0 Å². The van der Waals surface area contributed by atoms with E-state index in [1.807, 2.05) is 0 Å². The second-order valence-electron chi connectivity index (χ2n) is 2.63. The lowest BCUT2D eigenvalue weighted by molar-refractivity contribution is 0.612. The molecule has 0 bridgehead atoms. The highest BCUT2D eigenvalue weighted by Crippen LogP contribution is 2.13. The summed E-state index contributed by atoms with van der Waals surface area (Å²) >= 11 is 0. The number of nitrogens with zero attached hydrogens (tertiary/aromatic N) is 4. The Bertz CT molecular complexity index is 517. The van der Waals surface area contributed by atoms with E-state index < -0.39 is 11.5 Å². The maximum Gasteiger partial charge on any atom is 0.345 e. The van der Waals surface area contributed by atoms with Crippen LogP contribution in [-0.2, 0) is 7.05 Å². The lowest BCUT2D eigenvalue weighted by Gasteiger charge is -1.95. The van der Waals surface area contributed by atoms with Gasteiger partial charge in [-0.1, -0.05) is 0 Å². The van der Waals surface area contributed by atoms with Crippen LogP contribution in [0, 0.1) is 5.82 Å². The van der Waals surface area contributed by atoms with Crippen molar-refractivity contribution in [2.45, 2.75) is 0 Å². The first kappa shape index (κ1) is 8.54. The maximum absolute atomic E-state index is 13.2. The van der Waals surface area contributed by atoms with Crippen molar-refractivity contribution in [1.29, 1.82) is 0 Å². The lowest BCUT2D eigenvalue weighted by Crippen LogP contribution is -2.12. The molecule has 0 aromatic carbocycles. The summed E-state index contributed by atoms with van der Waals surface area (Å²) in [6, 6.07) is 0. The molecule has 0 aliphatic carbocycles. The molecule has 0 aliphatic rings. The molecule has 14 heavy (non-hydrogen) atoms. The van der Waals surface area contributed by atoms with Crippen molar-refractivity contribution in [1.82, 2.24) is 25.0 Å². The zero-order chi connectivity index (χ0) is 10.1. The van der Waals surface area contributed by atoms with Crippen LogP contribution in [0.5, 0.6) is 0 Å². The third-order valence-electron chi connectivity index (χ3n) is 1.62. The Morgan fingerprint density at radius 3 is 2.93 bits per heavy atom. The Kier molecular flexibility index (Phi) is 1.84. The first-order valence-electron chi connectivity index (χ1n) is 3.78. The Morgan fingerprint density at radius 1 is 1.50 bits per heavy atom. The molecule has 0 aliphatic heterocycles. The summed E-state index contributed by atoms with van der Waals surface area (Å²) in [4.78, 5) is 17.6. The predicted octanol–water partition coefficient (Wildman–Crippen LogP) is -0.296. The number of rotatable bonds is 1. The third kappa shape index (κ3) is 1.39. The van der Waals surface area contributed by atoms with Gasteiger partial charge < -0.3 is 4.98 Å². The summed E-state index contributed by atoms with van der Waals surface area (Å²) in [6.07, 6.45) is 2.21. The van der Waals surface area contributed by atoms with Crippen LogP contribution in [0.15, 0.2) is 17.2 Å². The van der Waals surface area contributed by atoms with Crippen molar-refractivity contribution in [3.8, 4) is 11.4 Å². The molecule has 2 aromatic heterocycles. The minimum atomic E-state index is -0.634. The van der Waals surface area contributed by atoms with Crippen LogP contribution in [0.25, 0.3) is 11.4 Å². The van der Waals surface area contributed by atoms with E-state index in [0.29, 0.717) is 0 Å². The van der Waals surface area contributed by atoms with Gasteiger partial charge in [0.15, 0.2) is 5.82 Å². The highest BCUT2D eigenvalue weighted by atomic mass is 19.1. The molecular weight excluding hydrogens is 189 g/mol. The number of hydrogen-bond acceptors (Lipinski definition) is 4. The monoisotopic (exact) mass is 195 g/mol. The first-order chi connectivity index (χ1) is 6.66. The van der Waals surface area contributed by atoms with E-state index in [9.17, 15) is 9.18 Å². The van der Waals surface area contributed by atoms with Crippen molar-refractivity contribution in [2.24, 2.45) is 7.05 Å². The van der Waals surface area contributed by atoms with Gasteiger partial charge in [-0.15, -0.1) is 0 Å². The van der Waals surface area contributed by atoms with Crippen LogP contribution in [0.4, 0.5) is 4.39 Å². The Hall–Kier alpha value is -2.05. The van der Waals surface area contributed by atoms with E-state index in [1.54, 1.807) is 7.05 Å². The molecule has 0 atom stereocenters. The van der Waals surface area contributed by atoms with Crippen LogP contribution in [0.3, 0.4) is 0 Å². The number of hydrogen-bond donors (Lipinski definition) is 1. The van der Waals surface area contributed by atoms with Gasteiger partial charge in [-0.25, -0.2) is 9.18 Å². The normalized spacial score (nSPS) is 10.4. The molecule has 0 fully saturated rings. The van der Waals surface area contributed by atoms with E-state index in [0.717, 1.165) is 6.20 Å². The molecule has 0 saturated carbocycles. The van der Waals surface area contributed by atoms with Crippen LogP contribution in [0.2, 0.25) is 0 Å². The molecule has 2 heterocycles. The summed E-state index contributed by atoms with van der Waals surface area (Å²) in [6.45, 7) is 0. The predicted molar refractivity (Wildman–Crippen MR) is 44.8 cm³/mol. The van der Waals surface area contributed by atoms with E-state index in [1.165, 1.54) is 11.0 Å². The summed E-state index contributed by atoms with van der Waals surface area (Å²) in [5.74, 6) is -0.634. The summed E-state index contributed by atoms with van der Waals surface area (Å²) in [7, 11) is 1.60. The number of aryl methyl sites for hydroxylation is 1. The molecule has 0 amide bonds. The average molecular weight is 195 g/mol. The maximum atomic E-state index is 13.2. The fraction of sp³-hybridized carbons (Fsp3) is 0.143. The molecule has 1 N–H and O–H groups in total. The minimum Gasteiger partial charge on any atom is -0.301 e. The molecule has 72 valence electrons. The van der Waals surface area contributed by atoms with Crippen LogP contribution < -0.4 is 5.69 Å². The van der Waals surface area contributed by atoms with Crippen molar-refractivity contribution in [3.63, 3.8) is 0 Å². The number of aromatic nitrogens is 5. The SMILES string of the molecule is Cn1ncc(-c2[nH]c(=O)ncc2F)n1. The summed E-state index contributed by atoms with van der Waals surface area (Å²) in [5, 5.41) is 7.61. The van der Waals surface area contributed by atoms with Crippen LogP contribution in [0.1, 0.15) is 0 Å². The van der Waals surface area contributed by atoms with Crippen LogP contribution in [-0.4, -0.2) is 25.0 Å². The fourth-order valence-corrected chi connectivity index (χ4v) is 1.03. The van der Waals surface area contributed by atoms with Gasteiger partial charge in [-0.3, -0.25) is 0 Å². The van der Waals surface area contributed by atoms with Gasteiger partial charge in [0.2, 0.25) is 0 Å². The molecule has 0 unspecified atom stereocenters. The van der Waals surface area contributed by atoms with Gasteiger partial charge >= 0.3 is 5.69 Å². The number of H-pyrrole nitrogens is 1. The molecular formula is C7H6FN5O. The Labute approximate surface area is 77.4 Å². The van der Waals surface area contributed by atoms with Crippen LogP contribution >= 0.6 is 0 Å². The summed E-state index contributed by atoms with van der Waals surface area (Å²) in [5.41, 5.74) is -0.352. The van der Waals surface area contributed by atoms with Gasteiger partial charge in [0, 0.05) is 7.05 Å². The highest BCUT2D eigenvalue weighted by Gasteiger charge is 2.09. The molecule has 2 rings (SSSR count). The Morgan fingerprint density at radius 2 is 2.29 bits per heavy atom. The fourth-order valence-electron chi connectivity index (χ4n) is 1.03. The molecule has 6 nitrogen and oxygen atoms in total. The van der Waals surface area contributed by atoms with Crippen molar-refractivity contribution in [2.75, 3.05) is 0 Å². The molecule has 0 saturated heterocycles. The molecule has 7 heteroatoms. The van der Waals surface area contributed by atoms with E-state index in [4.69, 9.17) is 0 Å². The van der Waals surface area contributed by atoms with Gasteiger partial charge in [0.05, 0.1) is 12.4 Å². The van der Waals surface area contributed by atoms with E-state index in [-0.39, 0.29) is 11.4 Å².